The number of anilines is 1. The molecule has 0 fully saturated rings. The molecule has 0 radical (unpaired) electrons. The molecule has 0 bridgehead atoms. The van der Waals surface area contributed by atoms with Crippen molar-refractivity contribution in [2.24, 2.45) is 0 Å². The summed E-state index contributed by atoms with van der Waals surface area (Å²) in [7, 11) is 0.530. The number of benzene rings is 3. The number of sulfonamides is 1. The summed E-state index contributed by atoms with van der Waals surface area (Å²) >= 11 is 6.19. The lowest BCUT2D eigenvalue weighted by atomic mass is 10.0. The largest absolute Gasteiger partial charge is 0.493 e. The average molecular weight is 489 g/mol. The van der Waals surface area contributed by atoms with Crippen LogP contribution in [0.1, 0.15) is 11.1 Å². The molecule has 174 valence electrons. The number of amides is 1. The Morgan fingerprint density at radius 3 is 2.33 bits per heavy atom. The number of hydrogen-bond acceptors (Lipinski definition) is 5. The minimum Gasteiger partial charge on any atom is -0.493 e. The molecule has 3 rings (SSSR count). The Balaban J connectivity index is 1.76. The molecule has 0 unspecified atom stereocenters. The van der Waals surface area contributed by atoms with E-state index in [1.807, 2.05) is 36.4 Å². The van der Waals surface area contributed by atoms with E-state index in [-0.39, 0.29) is 10.6 Å². The summed E-state index contributed by atoms with van der Waals surface area (Å²) in [5.41, 5.74) is 2.57. The second-order valence-corrected chi connectivity index (χ2v) is 9.43. The second-order valence-electron chi connectivity index (χ2n) is 7.23. The molecular weight excluding hydrogens is 464 g/mol. The van der Waals surface area contributed by atoms with Gasteiger partial charge in [0, 0.05) is 23.8 Å². The lowest BCUT2D eigenvalue weighted by Gasteiger charge is -2.21. The Bertz CT molecular complexity index is 1230. The normalized spacial score (nSPS) is 11.2. The van der Waals surface area contributed by atoms with Gasteiger partial charge >= 0.3 is 0 Å². The molecule has 0 aliphatic heterocycles. The summed E-state index contributed by atoms with van der Waals surface area (Å²) in [6, 6.07) is 19.3. The lowest BCUT2D eigenvalue weighted by molar-refractivity contribution is -0.117. The molecule has 3 aromatic carbocycles. The number of nitrogens with one attached hydrogen (secondary N) is 1. The molecule has 0 atom stereocenters. The Labute approximate surface area is 198 Å². The maximum absolute atomic E-state index is 12.9. The van der Waals surface area contributed by atoms with Crippen LogP contribution in [0.4, 0.5) is 5.69 Å². The Hall–Kier alpha value is -3.07. The fraction of sp³-hybridized carbons (Fsp3) is 0.208. The number of hydrogen-bond donors (Lipinski definition) is 1. The molecule has 3 aromatic rings. The number of halogens is 1. The van der Waals surface area contributed by atoms with Gasteiger partial charge < -0.3 is 14.4 Å². The van der Waals surface area contributed by atoms with Gasteiger partial charge in [0.2, 0.25) is 15.9 Å². The zero-order valence-corrected chi connectivity index (χ0v) is 20.1. The van der Waals surface area contributed by atoms with E-state index >= 15 is 0 Å². The van der Waals surface area contributed by atoms with Crippen molar-refractivity contribution >= 4 is 33.2 Å². The molecule has 1 N–H and O–H groups in total. The summed E-state index contributed by atoms with van der Waals surface area (Å²) in [6.45, 7) is -0.416. The summed E-state index contributed by atoms with van der Waals surface area (Å²) in [5.74, 6) is 0.257. The van der Waals surface area contributed by atoms with Crippen molar-refractivity contribution in [1.82, 2.24) is 4.72 Å². The van der Waals surface area contributed by atoms with Crippen LogP contribution in [0.5, 0.6) is 11.5 Å². The molecule has 0 saturated carbocycles. The summed E-state index contributed by atoms with van der Waals surface area (Å²) in [5, 5.41) is 0.555. The summed E-state index contributed by atoms with van der Waals surface area (Å²) in [4.78, 5) is 14.2. The van der Waals surface area contributed by atoms with Crippen molar-refractivity contribution in [3.05, 3.63) is 82.9 Å². The number of carbonyl (C=O) groups excluding carboxylic acids is 1. The zero-order chi connectivity index (χ0) is 24.0. The van der Waals surface area contributed by atoms with Crippen LogP contribution in [0.25, 0.3) is 0 Å². The van der Waals surface area contributed by atoms with Gasteiger partial charge in [-0.15, -0.1) is 0 Å². The van der Waals surface area contributed by atoms with E-state index in [9.17, 15) is 13.2 Å². The fourth-order valence-corrected chi connectivity index (χ4v) is 4.50. The third-order valence-corrected chi connectivity index (χ3v) is 6.73. The monoisotopic (exact) mass is 488 g/mol. The molecule has 0 saturated heterocycles. The minimum atomic E-state index is -3.95. The predicted molar refractivity (Wildman–Crippen MR) is 129 cm³/mol. The maximum Gasteiger partial charge on any atom is 0.241 e. The van der Waals surface area contributed by atoms with Gasteiger partial charge in [-0.2, -0.15) is 0 Å². The first kappa shape index (κ1) is 24.6. The van der Waals surface area contributed by atoms with Crippen LogP contribution in [0.2, 0.25) is 5.02 Å². The molecule has 9 heteroatoms. The van der Waals surface area contributed by atoms with Crippen LogP contribution in [0, 0.1) is 0 Å². The van der Waals surface area contributed by atoms with Gasteiger partial charge in [0.25, 0.3) is 0 Å². The van der Waals surface area contributed by atoms with Gasteiger partial charge in [0.1, 0.15) is 0 Å². The van der Waals surface area contributed by atoms with Crippen LogP contribution in [-0.4, -0.2) is 42.1 Å². The first-order valence-corrected chi connectivity index (χ1v) is 11.9. The number of carbonyl (C=O) groups is 1. The number of nitrogens with zero attached hydrogens (tertiary/aromatic N) is 1. The highest BCUT2D eigenvalue weighted by molar-refractivity contribution is 7.89. The van der Waals surface area contributed by atoms with Gasteiger partial charge in [-0.3, -0.25) is 4.79 Å². The van der Waals surface area contributed by atoms with Gasteiger partial charge in [0.05, 0.1) is 25.7 Å². The van der Waals surface area contributed by atoms with E-state index in [0.717, 1.165) is 11.1 Å². The standard InChI is InChI=1S/C24H25ClN2O5S/c1-27(21-11-9-19(25)14-18(21)13-17-7-5-4-6-8-17)24(28)16-26-33(29,30)20-10-12-22(31-2)23(15-20)32-3/h4-12,14-15,26H,13,16H2,1-3H3. The number of rotatable bonds is 9. The topological polar surface area (TPSA) is 84.9 Å². The molecule has 33 heavy (non-hydrogen) atoms. The van der Waals surface area contributed by atoms with Gasteiger partial charge in [-0.1, -0.05) is 41.9 Å². The Morgan fingerprint density at radius 1 is 0.970 bits per heavy atom. The van der Waals surface area contributed by atoms with Gasteiger partial charge in [0.15, 0.2) is 11.5 Å². The van der Waals surface area contributed by atoms with Crippen LogP contribution >= 0.6 is 11.6 Å². The third-order valence-electron chi connectivity index (χ3n) is 5.09. The maximum atomic E-state index is 12.9. The van der Waals surface area contributed by atoms with Crippen molar-refractivity contribution < 1.29 is 22.7 Å². The van der Waals surface area contributed by atoms with Crippen molar-refractivity contribution in [3.63, 3.8) is 0 Å². The smallest absolute Gasteiger partial charge is 0.241 e. The molecule has 0 aliphatic carbocycles. The van der Waals surface area contributed by atoms with E-state index in [1.165, 1.54) is 37.3 Å². The third kappa shape index (κ3) is 6.04. The average Bonchev–Trinajstić information content (AvgIpc) is 2.82. The first-order valence-electron chi connectivity index (χ1n) is 10.1. The molecule has 7 nitrogen and oxygen atoms in total. The summed E-state index contributed by atoms with van der Waals surface area (Å²) in [6.07, 6.45) is 0.575. The molecule has 0 aromatic heterocycles. The van der Waals surface area contributed by atoms with Gasteiger partial charge in [-0.05, 0) is 47.9 Å². The van der Waals surface area contributed by atoms with E-state index in [1.54, 1.807) is 19.2 Å². The zero-order valence-electron chi connectivity index (χ0n) is 18.5. The molecule has 0 spiro atoms. The van der Waals surface area contributed by atoms with E-state index in [0.29, 0.717) is 22.9 Å². The molecule has 0 heterocycles. The van der Waals surface area contributed by atoms with Crippen LogP contribution < -0.4 is 19.1 Å². The van der Waals surface area contributed by atoms with Crippen molar-refractivity contribution in [2.75, 3.05) is 32.7 Å². The van der Waals surface area contributed by atoms with Crippen LogP contribution in [0.3, 0.4) is 0 Å². The van der Waals surface area contributed by atoms with Crippen molar-refractivity contribution in [3.8, 4) is 11.5 Å². The highest BCUT2D eigenvalue weighted by Crippen LogP contribution is 2.29. The minimum absolute atomic E-state index is 0.0353. The first-order chi connectivity index (χ1) is 15.7. The van der Waals surface area contributed by atoms with Crippen molar-refractivity contribution in [1.29, 1.82) is 0 Å². The highest BCUT2D eigenvalue weighted by atomic mass is 35.5. The quantitative estimate of drug-likeness (QED) is 0.494. The Kier molecular flexibility index (Phi) is 7.97. The predicted octanol–water partition coefficient (Wildman–Crippen LogP) is 3.89. The van der Waals surface area contributed by atoms with E-state index < -0.39 is 22.5 Å². The van der Waals surface area contributed by atoms with Gasteiger partial charge in [-0.25, -0.2) is 13.1 Å². The second kappa shape index (κ2) is 10.7. The lowest BCUT2D eigenvalue weighted by Crippen LogP contribution is -2.38. The SMILES string of the molecule is COc1ccc(S(=O)(=O)NCC(=O)N(C)c2ccc(Cl)cc2Cc2ccccc2)cc1OC. The number of ether oxygens (including phenoxy) is 2. The van der Waals surface area contributed by atoms with E-state index in [4.69, 9.17) is 21.1 Å². The number of methoxy groups -OCH3 is 2. The van der Waals surface area contributed by atoms with Crippen LogP contribution in [0.15, 0.2) is 71.6 Å². The van der Waals surface area contributed by atoms with E-state index in [2.05, 4.69) is 4.72 Å². The van der Waals surface area contributed by atoms with Crippen LogP contribution in [-0.2, 0) is 21.2 Å². The molecular formula is C24H25ClN2O5S. The van der Waals surface area contributed by atoms with Crippen molar-refractivity contribution in [2.45, 2.75) is 11.3 Å². The summed E-state index contributed by atoms with van der Waals surface area (Å²) < 4.78 is 38.1. The number of likely N-dealkylation sites (N-methyl/N-ethyl adjacent to an activating group) is 1. The molecule has 0 aliphatic rings. The highest BCUT2D eigenvalue weighted by Gasteiger charge is 2.21. The Morgan fingerprint density at radius 2 is 1.67 bits per heavy atom. The fourth-order valence-electron chi connectivity index (χ4n) is 3.32. The molecule has 1 amide bonds.